The second kappa shape index (κ2) is 7.64. The molecule has 4 rings (SSSR count). The summed E-state index contributed by atoms with van der Waals surface area (Å²) in [5, 5.41) is 2.94. The summed E-state index contributed by atoms with van der Waals surface area (Å²) in [6.45, 7) is 3.00. The molecule has 0 aliphatic carbocycles. The standard InChI is InChI=1S/C22H26N4O2/c1-24-12-13-26(20(15-24)16-6-4-3-5-7-16)22(28)17-8-9-19-18(14-17)23-21(27)10-11-25(19)2/h3-9,14,20H,10-13,15H2,1-2H3,(H,23,27)/t20-/m0/s1. The first kappa shape index (κ1) is 18.5. The van der Waals surface area contributed by atoms with Gasteiger partial charge in [-0.1, -0.05) is 30.3 Å². The third-order valence-corrected chi connectivity index (χ3v) is 5.63. The van der Waals surface area contributed by atoms with Crippen LogP contribution < -0.4 is 10.2 Å². The van der Waals surface area contributed by atoms with E-state index in [0.29, 0.717) is 30.8 Å². The zero-order valence-electron chi connectivity index (χ0n) is 16.4. The van der Waals surface area contributed by atoms with Crippen molar-refractivity contribution in [3.63, 3.8) is 0 Å². The molecule has 6 nitrogen and oxygen atoms in total. The predicted octanol–water partition coefficient (Wildman–Crippen LogP) is 2.59. The van der Waals surface area contributed by atoms with E-state index in [1.165, 1.54) is 0 Å². The van der Waals surface area contributed by atoms with Crippen molar-refractivity contribution in [2.24, 2.45) is 0 Å². The number of piperazine rings is 1. The molecule has 0 aromatic heterocycles. The van der Waals surface area contributed by atoms with Gasteiger partial charge < -0.3 is 20.0 Å². The predicted molar refractivity (Wildman–Crippen MR) is 111 cm³/mol. The van der Waals surface area contributed by atoms with Gasteiger partial charge in [0.05, 0.1) is 17.4 Å². The smallest absolute Gasteiger partial charge is 0.254 e. The summed E-state index contributed by atoms with van der Waals surface area (Å²) in [4.78, 5) is 31.7. The Hall–Kier alpha value is -2.86. The van der Waals surface area contributed by atoms with Gasteiger partial charge in [0.2, 0.25) is 5.91 Å². The third-order valence-electron chi connectivity index (χ3n) is 5.63. The van der Waals surface area contributed by atoms with Crippen molar-refractivity contribution in [3.8, 4) is 0 Å². The Morgan fingerprint density at radius 2 is 1.82 bits per heavy atom. The lowest BCUT2D eigenvalue weighted by molar-refractivity contribution is -0.115. The van der Waals surface area contributed by atoms with Gasteiger partial charge in [-0.3, -0.25) is 9.59 Å². The molecule has 146 valence electrons. The topological polar surface area (TPSA) is 55.9 Å². The minimum absolute atomic E-state index is 0.00546. The second-order valence-electron chi connectivity index (χ2n) is 7.64. The summed E-state index contributed by atoms with van der Waals surface area (Å²) in [6.07, 6.45) is 0.447. The molecule has 1 N–H and O–H groups in total. The largest absolute Gasteiger partial charge is 0.372 e. The molecule has 1 saturated heterocycles. The summed E-state index contributed by atoms with van der Waals surface area (Å²) in [6, 6.07) is 15.8. The van der Waals surface area contributed by atoms with Crippen molar-refractivity contribution in [2.75, 3.05) is 50.5 Å². The van der Waals surface area contributed by atoms with Crippen molar-refractivity contribution >= 4 is 23.2 Å². The van der Waals surface area contributed by atoms with Gasteiger partial charge in [-0.15, -0.1) is 0 Å². The van der Waals surface area contributed by atoms with Crippen molar-refractivity contribution in [1.29, 1.82) is 0 Å². The number of carbonyl (C=O) groups excluding carboxylic acids is 2. The Morgan fingerprint density at radius 1 is 1.04 bits per heavy atom. The van der Waals surface area contributed by atoms with Gasteiger partial charge >= 0.3 is 0 Å². The van der Waals surface area contributed by atoms with E-state index in [0.717, 1.165) is 24.3 Å². The van der Waals surface area contributed by atoms with Crippen LogP contribution in [-0.4, -0.2) is 61.9 Å². The monoisotopic (exact) mass is 378 g/mol. The molecule has 0 bridgehead atoms. The fourth-order valence-electron chi connectivity index (χ4n) is 3.99. The molecule has 1 fully saturated rings. The van der Waals surface area contributed by atoms with Crippen LogP contribution in [0.15, 0.2) is 48.5 Å². The lowest BCUT2D eigenvalue weighted by Gasteiger charge is -2.40. The maximum atomic E-state index is 13.4. The number of fused-ring (bicyclic) bond motifs is 1. The Labute approximate surface area is 165 Å². The highest BCUT2D eigenvalue weighted by molar-refractivity contribution is 6.01. The van der Waals surface area contributed by atoms with Crippen LogP contribution >= 0.6 is 0 Å². The van der Waals surface area contributed by atoms with Crippen LogP contribution in [0.5, 0.6) is 0 Å². The molecular formula is C22H26N4O2. The zero-order valence-corrected chi connectivity index (χ0v) is 16.4. The average molecular weight is 378 g/mol. The van der Waals surface area contributed by atoms with E-state index in [2.05, 4.69) is 29.4 Å². The molecule has 1 atom stereocenters. The molecule has 0 unspecified atom stereocenters. The second-order valence-corrected chi connectivity index (χ2v) is 7.64. The number of carbonyl (C=O) groups is 2. The molecule has 0 radical (unpaired) electrons. The van der Waals surface area contributed by atoms with E-state index >= 15 is 0 Å². The van der Waals surface area contributed by atoms with Gasteiger partial charge in [0.1, 0.15) is 0 Å². The molecule has 0 saturated carbocycles. The lowest BCUT2D eigenvalue weighted by Crippen LogP contribution is -2.49. The van der Waals surface area contributed by atoms with E-state index in [9.17, 15) is 9.59 Å². The number of benzene rings is 2. The van der Waals surface area contributed by atoms with Gasteiger partial charge in [0, 0.05) is 45.2 Å². The number of nitrogens with zero attached hydrogens (tertiary/aromatic N) is 3. The van der Waals surface area contributed by atoms with Gasteiger partial charge in [-0.05, 0) is 30.8 Å². The van der Waals surface area contributed by atoms with Crippen molar-refractivity contribution < 1.29 is 9.59 Å². The van der Waals surface area contributed by atoms with E-state index in [1.54, 1.807) is 0 Å². The van der Waals surface area contributed by atoms with Crippen LogP contribution in [0.4, 0.5) is 11.4 Å². The number of nitrogens with one attached hydrogen (secondary N) is 1. The molecule has 2 aromatic carbocycles. The van der Waals surface area contributed by atoms with Crippen molar-refractivity contribution in [3.05, 3.63) is 59.7 Å². The Balaban J connectivity index is 1.65. The van der Waals surface area contributed by atoms with Crippen LogP contribution in [0.3, 0.4) is 0 Å². The van der Waals surface area contributed by atoms with Crippen molar-refractivity contribution in [1.82, 2.24) is 9.80 Å². The summed E-state index contributed by atoms with van der Waals surface area (Å²) in [7, 11) is 4.05. The SMILES string of the molecule is CN1CCN(C(=O)c2ccc3c(c2)NC(=O)CCN3C)[C@H](c2ccccc2)C1. The number of rotatable bonds is 2. The highest BCUT2D eigenvalue weighted by atomic mass is 16.2. The fraction of sp³-hybridized carbons (Fsp3) is 0.364. The summed E-state index contributed by atoms with van der Waals surface area (Å²) < 4.78 is 0. The third kappa shape index (κ3) is 3.60. The average Bonchev–Trinajstić information content (AvgIpc) is 2.85. The van der Waals surface area contributed by atoms with Gasteiger partial charge in [0.25, 0.3) is 5.91 Å². The fourth-order valence-corrected chi connectivity index (χ4v) is 3.99. The number of hydrogen-bond donors (Lipinski definition) is 1. The normalized spacial score (nSPS) is 20.4. The number of hydrogen-bond acceptors (Lipinski definition) is 4. The Bertz CT molecular complexity index is 883. The zero-order chi connectivity index (χ0) is 19.7. The van der Waals surface area contributed by atoms with Crippen LogP contribution in [0, 0.1) is 0 Å². The minimum Gasteiger partial charge on any atom is -0.372 e. The van der Waals surface area contributed by atoms with E-state index < -0.39 is 0 Å². The molecular weight excluding hydrogens is 352 g/mol. The molecule has 2 amide bonds. The molecule has 28 heavy (non-hydrogen) atoms. The first-order valence-corrected chi connectivity index (χ1v) is 9.72. The van der Waals surface area contributed by atoms with Gasteiger partial charge in [0.15, 0.2) is 0 Å². The molecule has 2 aliphatic heterocycles. The maximum Gasteiger partial charge on any atom is 0.254 e. The molecule has 6 heteroatoms. The summed E-state index contributed by atoms with van der Waals surface area (Å²) >= 11 is 0. The quantitative estimate of drug-likeness (QED) is 0.873. The minimum atomic E-state index is -0.0167. The van der Waals surface area contributed by atoms with E-state index in [-0.39, 0.29) is 17.9 Å². The highest BCUT2D eigenvalue weighted by Crippen LogP contribution is 2.31. The molecule has 2 aromatic rings. The van der Waals surface area contributed by atoms with E-state index in [1.807, 2.05) is 53.2 Å². The molecule has 2 aliphatic rings. The Kier molecular flexibility index (Phi) is 5.05. The highest BCUT2D eigenvalue weighted by Gasteiger charge is 2.31. The van der Waals surface area contributed by atoms with Crippen LogP contribution in [0.2, 0.25) is 0 Å². The van der Waals surface area contributed by atoms with Gasteiger partial charge in [-0.2, -0.15) is 0 Å². The first-order chi connectivity index (χ1) is 13.5. The van der Waals surface area contributed by atoms with E-state index in [4.69, 9.17) is 0 Å². The summed E-state index contributed by atoms with van der Waals surface area (Å²) in [5.41, 5.74) is 3.41. The first-order valence-electron chi connectivity index (χ1n) is 9.72. The van der Waals surface area contributed by atoms with Crippen molar-refractivity contribution in [2.45, 2.75) is 12.5 Å². The van der Waals surface area contributed by atoms with Gasteiger partial charge in [-0.25, -0.2) is 0 Å². The summed E-state index contributed by atoms with van der Waals surface area (Å²) in [5.74, 6) is -0.0112. The van der Waals surface area contributed by atoms with Crippen LogP contribution in [0.1, 0.15) is 28.4 Å². The number of anilines is 2. The molecule has 0 spiro atoms. The van der Waals surface area contributed by atoms with Crippen LogP contribution in [0.25, 0.3) is 0 Å². The molecule has 2 heterocycles. The lowest BCUT2D eigenvalue weighted by atomic mass is 10.0. The Morgan fingerprint density at radius 3 is 2.61 bits per heavy atom. The van der Waals surface area contributed by atoms with Crippen LogP contribution in [-0.2, 0) is 4.79 Å². The maximum absolute atomic E-state index is 13.4. The number of amides is 2. The number of likely N-dealkylation sites (N-methyl/N-ethyl adjacent to an activating group) is 1.